The molecule has 3 saturated heterocycles. The maximum atomic E-state index is 13.7. The molecule has 0 aromatic heterocycles. The van der Waals surface area contributed by atoms with Gasteiger partial charge in [0.15, 0.2) is 5.79 Å². The van der Waals surface area contributed by atoms with Gasteiger partial charge in [-0.3, -0.25) is 4.79 Å². The number of halogens is 1. The summed E-state index contributed by atoms with van der Waals surface area (Å²) in [5, 5.41) is 15.6. The van der Waals surface area contributed by atoms with Crippen molar-refractivity contribution in [2.45, 2.75) is 37.0 Å². The summed E-state index contributed by atoms with van der Waals surface area (Å²) >= 11 is 0. The van der Waals surface area contributed by atoms with E-state index in [4.69, 9.17) is 19.7 Å². The summed E-state index contributed by atoms with van der Waals surface area (Å²) in [6.45, 7) is 3.64. The van der Waals surface area contributed by atoms with E-state index in [1.165, 1.54) is 21.9 Å². The average Bonchev–Trinajstić information content (AvgIpc) is 3.61. The number of nitrogens with zero attached hydrogens (tertiary/aromatic N) is 4. The van der Waals surface area contributed by atoms with E-state index in [9.17, 15) is 23.6 Å². The van der Waals surface area contributed by atoms with Gasteiger partial charge >= 0.3 is 18.0 Å². The standard InChI is InChI=1S/C28H35FN4O4.C4H4O4/c1-30(2)26(35)32-21-33(24-7-4-3-5-8-24)27(25(32)34)14-17-31(18-15-27)16-6-13-28(36-19-20-37-28)22-9-11-23(29)12-10-22;5-3(6)1-2-4(7)8/h3-5,7-12H,6,13-21H2,1-2H3;1-2H,(H,5,6)(H,7,8)/b;2-1+. The minimum atomic E-state index is -1.26. The Balaban J connectivity index is 0.000000510. The Hall–Kier alpha value is -4.33. The van der Waals surface area contributed by atoms with Crippen molar-refractivity contribution in [3.63, 3.8) is 0 Å². The molecule has 12 nitrogen and oxygen atoms in total. The number of ether oxygens (including phenoxy) is 2. The van der Waals surface area contributed by atoms with Crippen molar-refractivity contribution < 1.29 is 43.3 Å². The second-order valence-corrected chi connectivity index (χ2v) is 11.3. The van der Waals surface area contributed by atoms with Gasteiger partial charge in [0.25, 0.3) is 5.91 Å². The van der Waals surface area contributed by atoms with Crippen LogP contribution >= 0.6 is 0 Å². The van der Waals surface area contributed by atoms with Crippen LogP contribution in [0.1, 0.15) is 31.2 Å². The molecule has 3 fully saturated rings. The molecule has 0 saturated carbocycles. The van der Waals surface area contributed by atoms with E-state index in [2.05, 4.69) is 9.80 Å². The van der Waals surface area contributed by atoms with Crippen molar-refractivity contribution in [2.24, 2.45) is 0 Å². The maximum Gasteiger partial charge on any atom is 0.328 e. The Kier molecular flexibility index (Phi) is 10.9. The van der Waals surface area contributed by atoms with Gasteiger partial charge in [0, 0.05) is 57.0 Å². The van der Waals surface area contributed by atoms with Crippen molar-refractivity contribution in [3.8, 4) is 0 Å². The van der Waals surface area contributed by atoms with E-state index in [1.54, 1.807) is 26.2 Å². The Labute approximate surface area is 261 Å². The van der Waals surface area contributed by atoms with Gasteiger partial charge in [0.2, 0.25) is 0 Å². The molecule has 2 N–H and O–H groups in total. The first-order valence-corrected chi connectivity index (χ1v) is 14.7. The van der Waals surface area contributed by atoms with Crippen LogP contribution in [0, 0.1) is 5.82 Å². The first kappa shape index (κ1) is 33.6. The monoisotopic (exact) mass is 626 g/mol. The number of anilines is 1. The summed E-state index contributed by atoms with van der Waals surface area (Å²) in [6.07, 6.45) is 3.92. The van der Waals surface area contributed by atoms with Gasteiger partial charge in [-0.15, -0.1) is 0 Å². The Bertz CT molecular complexity index is 1360. The van der Waals surface area contributed by atoms with Gasteiger partial charge in [0.1, 0.15) is 18.0 Å². The van der Waals surface area contributed by atoms with Crippen LogP contribution in [0.25, 0.3) is 0 Å². The van der Waals surface area contributed by atoms with E-state index < -0.39 is 23.3 Å². The molecule has 13 heteroatoms. The largest absolute Gasteiger partial charge is 0.478 e. The zero-order chi connectivity index (χ0) is 32.6. The van der Waals surface area contributed by atoms with E-state index in [0.717, 1.165) is 37.3 Å². The molecule has 45 heavy (non-hydrogen) atoms. The number of carboxylic acid groups (broad SMARTS) is 2. The zero-order valence-electron chi connectivity index (χ0n) is 25.4. The molecule has 2 aromatic carbocycles. The van der Waals surface area contributed by atoms with Crippen LogP contribution in [-0.4, -0.2) is 108 Å². The summed E-state index contributed by atoms with van der Waals surface area (Å²) in [7, 11) is 3.35. The number of hydrogen-bond acceptors (Lipinski definition) is 8. The smallest absolute Gasteiger partial charge is 0.328 e. The van der Waals surface area contributed by atoms with Crippen molar-refractivity contribution in [3.05, 3.63) is 78.1 Å². The minimum absolute atomic E-state index is 0.113. The SMILES string of the molecule is CN(C)C(=O)N1CN(c2ccccc2)C2(CCN(CCCC3(c4ccc(F)cc4)OCCO3)CC2)C1=O.O=C(O)/C=C/C(=O)O. The molecular weight excluding hydrogens is 587 g/mol. The van der Waals surface area contributed by atoms with Crippen LogP contribution in [0.5, 0.6) is 0 Å². The number of urea groups is 1. The number of carbonyl (C=O) groups is 4. The highest BCUT2D eigenvalue weighted by Gasteiger charge is 2.55. The highest BCUT2D eigenvalue weighted by molar-refractivity contribution is 6.04. The number of hydrogen-bond donors (Lipinski definition) is 2. The quantitative estimate of drug-likeness (QED) is 0.420. The fourth-order valence-electron chi connectivity index (χ4n) is 5.96. The Morgan fingerprint density at radius 3 is 2.04 bits per heavy atom. The lowest BCUT2D eigenvalue weighted by Gasteiger charge is -2.43. The number of piperidine rings is 1. The average molecular weight is 627 g/mol. The molecule has 3 aliphatic rings. The van der Waals surface area contributed by atoms with Crippen molar-refractivity contribution in [1.82, 2.24) is 14.7 Å². The van der Waals surface area contributed by atoms with Crippen LogP contribution in [0.3, 0.4) is 0 Å². The van der Waals surface area contributed by atoms with Crippen molar-refractivity contribution in [1.29, 1.82) is 0 Å². The third kappa shape index (κ3) is 7.85. The number of rotatable bonds is 8. The summed E-state index contributed by atoms with van der Waals surface area (Å²) in [5.74, 6) is -3.74. The lowest BCUT2D eigenvalue weighted by molar-refractivity contribution is -0.172. The van der Waals surface area contributed by atoms with Gasteiger partial charge in [-0.25, -0.2) is 23.7 Å². The topological polar surface area (TPSA) is 140 Å². The van der Waals surface area contributed by atoms with Crippen LogP contribution in [0.4, 0.5) is 14.9 Å². The van der Waals surface area contributed by atoms with Gasteiger partial charge in [0.05, 0.1) is 13.2 Å². The molecule has 242 valence electrons. The fraction of sp³-hybridized carbons (Fsp3) is 0.438. The predicted octanol–water partition coefficient (Wildman–Crippen LogP) is 3.34. The summed E-state index contributed by atoms with van der Waals surface area (Å²) in [5.41, 5.74) is 1.07. The molecule has 2 aromatic rings. The molecule has 5 rings (SSSR count). The van der Waals surface area contributed by atoms with Crippen LogP contribution in [0.15, 0.2) is 66.7 Å². The van der Waals surface area contributed by atoms with Gasteiger partial charge in [-0.2, -0.15) is 0 Å². The second kappa shape index (κ2) is 14.6. The molecule has 0 atom stereocenters. The van der Waals surface area contributed by atoms with E-state index in [1.807, 2.05) is 30.3 Å². The molecular formula is C32H39FN4O8. The number of para-hydroxylation sites is 1. The first-order chi connectivity index (χ1) is 21.5. The lowest BCUT2D eigenvalue weighted by Crippen LogP contribution is -2.57. The molecule has 3 aliphatic heterocycles. The van der Waals surface area contributed by atoms with Crippen LogP contribution in [0.2, 0.25) is 0 Å². The van der Waals surface area contributed by atoms with E-state index in [-0.39, 0.29) is 24.4 Å². The fourth-order valence-corrected chi connectivity index (χ4v) is 5.96. The molecule has 0 radical (unpaired) electrons. The van der Waals surface area contributed by atoms with Gasteiger partial charge < -0.3 is 34.4 Å². The second-order valence-electron chi connectivity index (χ2n) is 11.3. The maximum absolute atomic E-state index is 13.7. The highest BCUT2D eigenvalue weighted by atomic mass is 19.1. The normalized spacial score (nSPS) is 19.0. The number of benzene rings is 2. The molecule has 0 aliphatic carbocycles. The van der Waals surface area contributed by atoms with Gasteiger partial charge in [-0.05, 0) is 50.1 Å². The summed E-state index contributed by atoms with van der Waals surface area (Å²) < 4.78 is 25.5. The summed E-state index contributed by atoms with van der Waals surface area (Å²) in [6, 6.07) is 15.9. The Morgan fingerprint density at radius 1 is 0.933 bits per heavy atom. The Morgan fingerprint density at radius 2 is 1.51 bits per heavy atom. The molecule has 3 amide bonds. The van der Waals surface area contributed by atoms with Gasteiger partial charge in [-0.1, -0.05) is 30.3 Å². The number of aliphatic carboxylic acids is 2. The summed E-state index contributed by atoms with van der Waals surface area (Å²) in [4.78, 5) is 52.9. The zero-order valence-corrected chi connectivity index (χ0v) is 25.4. The van der Waals surface area contributed by atoms with Crippen molar-refractivity contribution >= 4 is 29.6 Å². The van der Waals surface area contributed by atoms with Crippen LogP contribution in [-0.2, 0) is 29.6 Å². The van der Waals surface area contributed by atoms with Crippen LogP contribution < -0.4 is 4.90 Å². The first-order valence-electron chi connectivity index (χ1n) is 14.7. The number of carbonyl (C=O) groups excluding carboxylic acids is 2. The molecule has 0 bridgehead atoms. The number of amides is 3. The van der Waals surface area contributed by atoms with E-state index >= 15 is 0 Å². The number of carboxylic acids is 2. The van der Waals surface area contributed by atoms with Crippen molar-refractivity contribution in [2.75, 3.05) is 58.5 Å². The molecule has 0 unspecified atom stereocenters. The molecule has 3 heterocycles. The minimum Gasteiger partial charge on any atom is -0.478 e. The third-order valence-electron chi connectivity index (χ3n) is 8.19. The molecule has 1 spiro atoms. The number of imide groups is 1. The third-order valence-corrected chi connectivity index (χ3v) is 8.19. The van der Waals surface area contributed by atoms with E-state index in [0.29, 0.717) is 44.6 Å². The lowest BCUT2D eigenvalue weighted by atomic mass is 9.85. The number of likely N-dealkylation sites (tertiary alicyclic amines) is 1. The highest BCUT2D eigenvalue weighted by Crippen LogP contribution is 2.40. The predicted molar refractivity (Wildman–Crippen MR) is 162 cm³/mol.